The molecule has 5 aliphatic carbocycles. The van der Waals surface area contributed by atoms with Crippen molar-refractivity contribution in [3.05, 3.63) is 0 Å². The third-order valence-electron chi connectivity index (χ3n) is 17.0. The average molecular weight is 670 g/mol. The first-order valence-corrected chi connectivity index (χ1v) is 20.4. The largest absolute Gasteiger partial charge is 0.391 e. The molecule has 13 atom stereocenters. The van der Waals surface area contributed by atoms with Crippen LogP contribution in [0.2, 0.25) is 0 Å². The molecule has 0 aromatic carbocycles. The van der Waals surface area contributed by atoms with Crippen molar-refractivity contribution in [2.75, 3.05) is 39.4 Å². The number of nitrogens with one attached hydrogen (secondary N) is 1. The minimum Gasteiger partial charge on any atom is -0.391 e. The molecule has 4 saturated heterocycles. The summed E-state index contributed by atoms with van der Waals surface area (Å²) in [5.74, 6) is 2.74. The Hall–Kier alpha value is -0.320. The van der Waals surface area contributed by atoms with Crippen molar-refractivity contribution in [1.29, 1.82) is 0 Å². The number of nitrogens with zero attached hydrogens (tertiary/aromatic N) is 2. The molecule has 5 saturated carbocycles. The molecule has 8 nitrogen and oxygen atoms in total. The van der Waals surface area contributed by atoms with E-state index < -0.39 is 6.10 Å². The second kappa shape index (κ2) is 11.6. The topological polar surface area (TPSA) is 85.6 Å². The van der Waals surface area contributed by atoms with Crippen LogP contribution < -0.4 is 5.32 Å². The van der Waals surface area contributed by atoms with Crippen molar-refractivity contribution < 1.29 is 24.1 Å². The molecule has 0 radical (unpaired) electrons. The molecule has 0 bridgehead atoms. The van der Waals surface area contributed by atoms with Crippen LogP contribution in [0.25, 0.3) is 0 Å². The summed E-state index contributed by atoms with van der Waals surface area (Å²) < 4.78 is 26.3. The zero-order chi connectivity index (χ0) is 33.3. The van der Waals surface area contributed by atoms with Crippen LogP contribution in [0.3, 0.4) is 0 Å². The lowest BCUT2D eigenvalue weighted by atomic mass is 9.46. The zero-order valence-corrected chi connectivity index (χ0v) is 31.1. The quantitative estimate of drug-likeness (QED) is 0.335. The second-order valence-electron chi connectivity index (χ2n) is 19.4. The van der Waals surface area contributed by atoms with Gasteiger partial charge < -0.3 is 29.4 Å². The van der Waals surface area contributed by atoms with Crippen LogP contribution in [0.15, 0.2) is 0 Å². The lowest BCUT2D eigenvalue weighted by molar-refractivity contribution is -0.252. The maximum Gasteiger partial charge on any atom is 0.170 e. The van der Waals surface area contributed by atoms with E-state index >= 15 is 0 Å². The smallest absolute Gasteiger partial charge is 0.170 e. The van der Waals surface area contributed by atoms with Crippen molar-refractivity contribution in [1.82, 2.24) is 15.1 Å². The summed E-state index contributed by atoms with van der Waals surface area (Å²) in [4.78, 5) is 5.42. The van der Waals surface area contributed by atoms with Crippen LogP contribution in [0.1, 0.15) is 119 Å². The lowest BCUT2D eigenvalue weighted by Gasteiger charge is -2.60. The van der Waals surface area contributed by atoms with E-state index in [1.54, 1.807) is 0 Å². The molecule has 2 spiro atoms. The van der Waals surface area contributed by atoms with Gasteiger partial charge in [0.2, 0.25) is 0 Å². The molecule has 4 aliphatic heterocycles. The predicted octanol–water partition coefficient (Wildman–Crippen LogP) is 5.35. The molecule has 272 valence electrons. The second-order valence-corrected chi connectivity index (χ2v) is 19.4. The highest BCUT2D eigenvalue weighted by Gasteiger charge is 2.81. The van der Waals surface area contributed by atoms with Gasteiger partial charge in [-0.3, -0.25) is 9.80 Å². The molecular formula is C40H67N3O5. The van der Waals surface area contributed by atoms with Gasteiger partial charge in [0.15, 0.2) is 6.29 Å². The monoisotopic (exact) mass is 670 g/mol. The Morgan fingerprint density at radius 3 is 2.44 bits per heavy atom. The number of likely N-dealkylation sites (tertiary alicyclic amines) is 1. The first kappa shape index (κ1) is 33.5. The minimum absolute atomic E-state index is 0.0138. The van der Waals surface area contributed by atoms with Crippen LogP contribution in [-0.4, -0.2) is 114 Å². The van der Waals surface area contributed by atoms with Gasteiger partial charge >= 0.3 is 0 Å². The molecule has 9 aliphatic rings. The van der Waals surface area contributed by atoms with Crippen molar-refractivity contribution in [2.45, 2.75) is 178 Å². The zero-order valence-electron chi connectivity index (χ0n) is 31.1. The van der Waals surface area contributed by atoms with Gasteiger partial charge in [-0.05, 0) is 126 Å². The Morgan fingerprint density at radius 1 is 0.917 bits per heavy atom. The summed E-state index contributed by atoms with van der Waals surface area (Å²) in [6, 6.07) is 0.849. The molecule has 0 aromatic rings. The number of aliphatic hydroxyl groups excluding tert-OH is 1. The third kappa shape index (κ3) is 4.74. The molecule has 9 fully saturated rings. The van der Waals surface area contributed by atoms with Gasteiger partial charge in [-0.25, -0.2) is 0 Å². The number of rotatable bonds is 8. The standard InChI is InChI=1S/C40H67N3O5/c1-7-45-35(25(2)44)30-13-11-28-31(47-30)21-29-27-12-14-32-36(3,4)33(15-16-40(32)39(27,41-40)18-17-38(28,29)6)48-34-22-43(19-20-46-34)37(5)23-42(24-37)26-9-8-10-26/h25-35,41,44H,7-24H2,1-6H3. The van der Waals surface area contributed by atoms with E-state index in [9.17, 15) is 5.11 Å². The van der Waals surface area contributed by atoms with Gasteiger partial charge in [0.1, 0.15) is 6.10 Å². The highest BCUT2D eigenvalue weighted by Crippen LogP contribution is 2.75. The van der Waals surface area contributed by atoms with E-state index in [4.69, 9.17) is 18.9 Å². The van der Waals surface area contributed by atoms with Gasteiger partial charge in [0.05, 0.1) is 37.6 Å². The van der Waals surface area contributed by atoms with Gasteiger partial charge in [-0.15, -0.1) is 0 Å². The van der Waals surface area contributed by atoms with Crippen LogP contribution in [0.4, 0.5) is 0 Å². The van der Waals surface area contributed by atoms with Gasteiger partial charge in [0.25, 0.3) is 0 Å². The molecular weight excluding hydrogens is 602 g/mol. The molecule has 0 aromatic heterocycles. The summed E-state index contributed by atoms with van der Waals surface area (Å²) in [5.41, 5.74) is 1.32. The number of ether oxygens (including phenoxy) is 4. The Bertz CT molecular complexity index is 1220. The summed E-state index contributed by atoms with van der Waals surface area (Å²) in [7, 11) is 0. The number of hydrogen-bond acceptors (Lipinski definition) is 8. The number of hydrogen-bond donors (Lipinski definition) is 2. The highest BCUT2D eigenvalue weighted by molar-refractivity contribution is 5.38. The summed E-state index contributed by atoms with van der Waals surface area (Å²) in [5, 5.41) is 14.9. The first-order valence-electron chi connectivity index (χ1n) is 20.4. The third-order valence-corrected chi connectivity index (χ3v) is 17.0. The highest BCUT2D eigenvalue weighted by atomic mass is 16.7. The molecule has 4 heterocycles. The summed E-state index contributed by atoms with van der Waals surface area (Å²) in [6.07, 6.45) is 15.0. The van der Waals surface area contributed by atoms with Crippen molar-refractivity contribution in [3.8, 4) is 0 Å². The Morgan fingerprint density at radius 2 is 1.71 bits per heavy atom. The molecule has 8 heteroatoms. The van der Waals surface area contributed by atoms with Crippen LogP contribution in [-0.2, 0) is 18.9 Å². The first-order chi connectivity index (χ1) is 22.9. The molecule has 48 heavy (non-hydrogen) atoms. The van der Waals surface area contributed by atoms with E-state index in [2.05, 4.69) is 42.8 Å². The van der Waals surface area contributed by atoms with E-state index in [0.717, 1.165) is 50.4 Å². The summed E-state index contributed by atoms with van der Waals surface area (Å²) in [6.45, 7) is 19.8. The number of aliphatic hydroxyl groups is 1. The van der Waals surface area contributed by atoms with Crippen LogP contribution in [0.5, 0.6) is 0 Å². The van der Waals surface area contributed by atoms with E-state index in [1.165, 1.54) is 77.3 Å². The maximum absolute atomic E-state index is 10.5. The molecule has 2 N–H and O–H groups in total. The van der Waals surface area contributed by atoms with E-state index in [1.807, 2.05) is 13.8 Å². The fraction of sp³-hybridized carbons (Fsp3) is 1.00. The Labute approximate surface area is 290 Å². The fourth-order valence-electron chi connectivity index (χ4n) is 14.3. The molecule has 13 unspecified atom stereocenters. The predicted molar refractivity (Wildman–Crippen MR) is 186 cm³/mol. The van der Waals surface area contributed by atoms with E-state index in [0.29, 0.717) is 35.5 Å². The van der Waals surface area contributed by atoms with E-state index in [-0.39, 0.29) is 41.1 Å². The fourth-order valence-corrected chi connectivity index (χ4v) is 14.3. The lowest BCUT2D eigenvalue weighted by Crippen LogP contribution is -2.73. The maximum atomic E-state index is 10.5. The number of fused-ring (bicyclic) bond motifs is 4. The SMILES string of the molecule is CCOC(C(C)O)C1CCC2C(CC3C4CCC5C(C)(C)C(OC6CN(C7(C)CN(C8CCC8)C7)CCO6)CCC56NC46CCC23C)O1. The van der Waals surface area contributed by atoms with Crippen LogP contribution in [0, 0.1) is 34.5 Å². The van der Waals surface area contributed by atoms with Crippen LogP contribution >= 0.6 is 0 Å². The number of morpholine rings is 1. The van der Waals surface area contributed by atoms with Gasteiger partial charge in [0, 0.05) is 48.9 Å². The Kier molecular flexibility index (Phi) is 8.09. The average Bonchev–Trinajstić information content (AvgIpc) is 3.59. The summed E-state index contributed by atoms with van der Waals surface area (Å²) >= 11 is 0. The van der Waals surface area contributed by atoms with Crippen molar-refractivity contribution in [2.24, 2.45) is 34.5 Å². The van der Waals surface area contributed by atoms with Crippen molar-refractivity contribution in [3.63, 3.8) is 0 Å². The van der Waals surface area contributed by atoms with Gasteiger partial charge in [-0.2, -0.15) is 0 Å². The minimum atomic E-state index is -0.500. The van der Waals surface area contributed by atoms with Crippen molar-refractivity contribution >= 4 is 0 Å². The molecule has 9 rings (SSSR count). The Balaban J connectivity index is 0.862. The normalized spacial score (nSPS) is 50.8. The van der Waals surface area contributed by atoms with Gasteiger partial charge in [-0.1, -0.05) is 27.2 Å². The molecule has 0 amide bonds.